The van der Waals surface area contributed by atoms with E-state index in [4.69, 9.17) is 4.74 Å². The SMILES string of the molecule is COC(=O)C1(NC(=O)c2ccc(F)cc2)CCCCC1. The van der Waals surface area contributed by atoms with Crippen molar-refractivity contribution in [3.05, 3.63) is 35.6 Å². The molecular formula is C15H18FNO3. The lowest BCUT2D eigenvalue weighted by atomic mass is 9.81. The van der Waals surface area contributed by atoms with Gasteiger partial charge in [-0.15, -0.1) is 0 Å². The van der Waals surface area contributed by atoms with E-state index in [2.05, 4.69) is 5.32 Å². The van der Waals surface area contributed by atoms with Crippen LogP contribution >= 0.6 is 0 Å². The van der Waals surface area contributed by atoms with E-state index in [-0.39, 0.29) is 5.91 Å². The number of methoxy groups -OCH3 is 1. The van der Waals surface area contributed by atoms with Gasteiger partial charge in [-0.1, -0.05) is 19.3 Å². The average Bonchev–Trinajstić information content (AvgIpc) is 2.48. The van der Waals surface area contributed by atoms with Crippen LogP contribution in [0.1, 0.15) is 42.5 Å². The van der Waals surface area contributed by atoms with Gasteiger partial charge in [0.05, 0.1) is 7.11 Å². The summed E-state index contributed by atoms with van der Waals surface area (Å²) in [6, 6.07) is 5.25. The molecule has 5 heteroatoms. The predicted octanol–water partition coefficient (Wildman–Crippen LogP) is 2.43. The molecule has 0 saturated heterocycles. The van der Waals surface area contributed by atoms with E-state index in [0.29, 0.717) is 18.4 Å². The minimum atomic E-state index is -0.946. The maximum absolute atomic E-state index is 12.9. The fourth-order valence-electron chi connectivity index (χ4n) is 2.62. The maximum Gasteiger partial charge on any atom is 0.331 e. The van der Waals surface area contributed by atoms with E-state index in [1.54, 1.807) is 0 Å². The molecule has 1 saturated carbocycles. The zero-order chi connectivity index (χ0) is 14.6. The summed E-state index contributed by atoms with van der Waals surface area (Å²) in [5.41, 5.74) is -0.612. The van der Waals surface area contributed by atoms with Gasteiger partial charge in [-0.25, -0.2) is 9.18 Å². The molecule has 1 fully saturated rings. The van der Waals surface area contributed by atoms with Crippen molar-refractivity contribution in [1.82, 2.24) is 5.32 Å². The van der Waals surface area contributed by atoms with Crippen LogP contribution < -0.4 is 5.32 Å². The van der Waals surface area contributed by atoms with Crippen molar-refractivity contribution in [3.8, 4) is 0 Å². The minimum Gasteiger partial charge on any atom is -0.467 e. The molecule has 0 atom stereocenters. The van der Waals surface area contributed by atoms with Crippen LogP contribution in [0.25, 0.3) is 0 Å². The topological polar surface area (TPSA) is 55.4 Å². The lowest BCUT2D eigenvalue weighted by Gasteiger charge is -2.35. The van der Waals surface area contributed by atoms with E-state index in [9.17, 15) is 14.0 Å². The smallest absolute Gasteiger partial charge is 0.331 e. The highest BCUT2D eigenvalue weighted by Crippen LogP contribution is 2.29. The van der Waals surface area contributed by atoms with Crippen molar-refractivity contribution in [2.45, 2.75) is 37.6 Å². The highest BCUT2D eigenvalue weighted by Gasteiger charge is 2.42. The van der Waals surface area contributed by atoms with Crippen LogP contribution in [0.2, 0.25) is 0 Å². The highest BCUT2D eigenvalue weighted by molar-refractivity contribution is 5.98. The molecule has 1 aliphatic carbocycles. The first-order valence-corrected chi connectivity index (χ1v) is 6.74. The van der Waals surface area contributed by atoms with Crippen molar-refractivity contribution in [2.75, 3.05) is 7.11 Å². The Morgan fingerprint density at radius 1 is 1.15 bits per heavy atom. The summed E-state index contributed by atoms with van der Waals surface area (Å²) in [4.78, 5) is 24.2. The first-order chi connectivity index (χ1) is 9.57. The Bertz CT molecular complexity index is 492. The van der Waals surface area contributed by atoms with Crippen LogP contribution in [-0.4, -0.2) is 24.5 Å². The molecule has 20 heavy (non-hydrogen) atoms. The molecule has 4 nitrogen and oxygen atoms in total. The number of carbonyl (C=O) groups excluding carboxylic acids is 2. The fraction of sp³-hybridized carbons (Fsp3) is 0.467. The van der Waals surface area contributed by atoms with Crippen molar-refractivity contribution < 1.29 is 18.7 Å². The van der Waals surface area contributed by atoms with Crippen LogP contribution in [0.15, 0.2) is 24.3 Å². The molecule has 0 radical (unpaired) electrons. The van der Waals surface area contributed by atoms with Crippen LogP contribution in [0.3, 0.4) is 0 Å². The lowest BCUT2D eigenvalue weighted by Crippen LogP contribution is -2.56. The van der Waals surface area contributed by atoms with Crippen LogP contribution in [0.4, 0.5) is 4.39 Å². The maximum atomic E-state index is 12.9. The first-order valence-electron chi connectivity index (χ1n) is 6.74. The molecule has 0 bridgehead atoms. The lowest BCUT2D eigenvalue weighted by molar-refractivity contribution is -0.149. The van der Waals surface area contributed by atoms with E-state index < -0.39 is 17.3 Å². The number of nitrogens with one attached hydrogen (secondary N) is 1. The van der Waals surface area contributed by atoms with Gasteiger partial charge < -0.3 is 10.1 Å². The molecule has 1 aromatic carbocycles. The summed E-state index contributed by atoms with van der Waals surface area (Å²) in [6.07, 6.45) is 3.95. The third-order valence-electron chi connectivity index (χ3n) is 3.74. The Morgan fingerprint density at radius 2 is 1.75 bits per heavy atom. The molecule has 0 spiro atoms. The highest BCUT2D eigenvalue weighted by atomic mass is 19.1. The van der Waals surface area contributed by atoms with E-state index in [0.717, 1.165) is 19.3 Å². The summed E-state index contributed by atoms with van der Waals surface area (Å²) in [6.45, 7) is 0. The van der Waals surface area contributed by atoms with Gasteiger partial charge in [0.25, 0.3) is 5.91 Å². The second kappa shape index (κ2) is 6.03. The Balaban J connectivity index is 2.17. The number of carbonyl (C=O) groups is 2. The van der Waals surface area contributed by atoms with Gasteiger partial charge in [0.1, 0.15) is 11.4 Å². The van der Waals surface area contributed by atoms with E-state index in [1.807, 2.05) is 0 Å². The van der Waals surface area contributed by atoms with Crippen molar-refractivity contribution in [1.29, 1.82) is 0 Å². The number of ether oxygens (including phenoxy) is 1. The Labute approximate surface area is 117 Å². The third-order valence-corrected chi connectivity index (χ3v) is 3.74. The summed E-state index contributed by atoms with van der Waals surface area (Å²) in [5, 5.41) is 2.78. The number of hydrogen-bond donors (Lipinski definition) is 1. The normalized spacial score (nSPS) is 17.3. The Kier molecular flexibility index (Phi) is 4.37. The van der Waals surface area contributed by atoms with Crippen molar-refractivity contribution >= 4 is 11.9 Å². The van der Waals surface area contributed by atoms with Gasteiger partial charge in [0.15, 0.2) is 0 Å². The molecule has 0 aliphatic heterocycles. The van der Waals surface area contributed by atoms with Gasteiger partial charge in [0.2, 0.25) is 0 Å². The Morgan fingerprint density at radius 3 is 2.30 bits per heavy atom. The Hall–Kier alpha value is -1.91. The summed E-state index contributed by atoms with van der Waals surface area (Å²) >= 11 is 0. The van der Waals surface area contributed by atoms with E-state index >= 15 is 0 Å². The summed E-state index contributed by atoms with van der Waals surface area (Å²) in [5.74, 6) is -1.19. The summed E-state index contributed by atoms with van der Waals surface area (Å²) in [7, 11) is 1.32. The molecular weight excluding hydrogens is 261 g/mol. The molecule has 1 N–H and O–H groups in total. The second-order valence-electron chi connectivity index (χ2n) is 5.10. The van der Waals surface area contributed by atoms with Crippen LogP contribution in [-0.2, 0) is 9.53 Å². The monoisotopic (exact) mass is 279 g/mol. The van der Waals surface area contributed by atoms with Crippen LogP contribution in [0.5, 0.6) is 0 Å². The molecule has 108 valence electrons. The average molecular weight is 279 g/mol. The molecule has 2 rings (SSSR count). The number of esters is 1. The number of benzene rings is 1. The van der Waals surface area contributed by atoms with Gasteiger partial charge in [-0.05, 0) is 37.1 Å². The minimum absolute atomic E-state index is 0.334. The molecule has 0 unspecified atom stereocenters. The number of halogens is 1. The predicted molar refractivity (Wildman–Crippen MR) is 71.7 cm³/mol. The number of hydrogen-bond acceptors (Lipinski definition) is 3. The number of rotatable bonds is 3. The van der Waals surface area contributed by atoms with Gasteiger partial charge >= 0.3 is 5.97 Å². The molecule has 1 aliphatic rings. The van der Waals surface area contributed by atoms with Gasteiger partial charge in [-0.3, -0.25) is 4.79 Å². The fourth-order valence-corrected chi connectivity index (χ4v) is 2.62. The molecule has 1 aromatic rings. The van der Waals surface area contributed by atoms with Gasteiger partial charge in [-0.2, -0.15) is 0 Å². The third kappa shape index (κ3) is 2.98. The second-order valence-corrected chi connectivity index (χ2v) is 5.10. The van der Waals surface area contributed by atoms with E-state index in [1.165, 1.54) is 31.4 Å². The van der Waals surface area contributed by atoms with Gasteiger partial charge in [0, 0.05) is 5.56 Å². The molecule has 0 aromatic heterocycles. The van der Waals surface area contributed by atoms with Crippen molar-refractivity contribution in [3.63, 3.8) is 0 Å². The van der Waals surface area contributed by atoms with Crippen molar-refractivity contribution in [2.24, 2.45) is 0 Å². The molecule has 1 amide bonds. The zero-order valence-electron chi connectivity index (χ0n) is 11.4. The molecule has 0 heterocycles. The zero-order valence-corrected chi connectivity index (χ0v) is 11.4. The largest absolute Gasteiger partial charge is 0.467 e. The first kappa shape index (κ1) is 14.5. The van der Waals surface area contributed by atoms with Crippen LogP contribution in [0, 0.1) is 5.82 Å². The quantitative estimate of drug-likeness (QED) is 0.865. The number of amides is 1. The standard InChI is InChI=1S/C15H18FNO3/c1-20-14(19)15(9-3-2-4-10-15)17-13(18)11-5-7-12(16)8-6-11/h5-8H,2-4,9-10H2,1H3,(H,17,18). The summed E-state index contributed by atoms with van der Waals surface area (Å²) < 4.78 is 17.7.